The van der Waals surface area contributed by atoms with Crippen LogP contribution in [0.1, 0.15) is 111 Å². The van der Waals surface area contributed by atoms with Gasteiger partial charge in [0.2, 0.25) is 0 Å². The number of rotatable bonds is 6. The Morgan fingerprint density at radius 2 is 0.934 bits per heavy atom. The molecule has 9 aromatic carbocycles. The molecule has 0 atom stereocenters. The number of aryl methyl sites for hydroxylation is 1. The van der Waals surface area contributed by atoms with E-state index in [0.29, 0.717) is 0 Å². The highest BCUT2D eigenvalue weighted by Crippen LogP contribution is 2.52. The summed E-state index contributed by atoms with van der Waals surface area (Å²) in [4.78, 5) is 7.69. The Labute approximate surface area is 451 Å². The van der Waals surface area contributed by atoms with Gasteiger partial charge in [-0.3, -0.25) is 0 Å². The van der Waals surface area contributed by atoms with Gasteiger partial charge in [0.25, 0.3) is 0 Å². The molecule has 0 saturated heterocycles. The third-order valence-electron chi connectivity index (χ3n) is 16.1. The van der Waals surface area contributed by atoms with E-state index in [4.69, 9.17) is 4.42 Å². The van der Waals surface area contributed by atoms with E-state index in [1.807, 2.05) is 0 Å². The highest BCUT2D eigenvalue weighted by atomic mass is 16.3. The summed E-state index contributed by atoms with van der Waals surface area (Å²) in [6.07, 6.45) is 0. The van der Waals surface area contributed by atoms with Crippen molar-refractivity contribution in [3.63, 3.8) is 0 Å². The van der Waals surface area contributed by atoms with E-state index >= 15 is 0 Å². The average molecular weight is 992 g/mol. The van der Waals surface area contributed by atoms with Crippen molar-refractivity contribution in [2.75, 3.05) is 14.6 Å². The zero-order valence-corrected chi connectivity index (χ0v) is 46.7. The van der Waals surface area contributed by atoms with Crippen LogP contribution in [0, 0.1) is 6.92 Å². The molecule has 0 radical (unpaired) electrons. The lowest BCUT2D eigenvalue weighted by molar-refractivity contribution is 0.590. The van der Waals surface area contributed by atoms with Crippen LogP contribution >= 0.6 is 0 Å². The SMILES string of the molecule is Cc1cc2c3c(c1)N(c1ccc(C(C)(C)C)cc1-c1ccccc1)c1ccc4oc5ccccc5c4c1B3N(c1ccc(C(C)(C)C)cc1)c1cc(N(c3ccc(C(C)(C)C)cc3)c3ccc(C(C)(C)C)cc3)ccc1-2. The van der Waals surface area contributed by atoms with Crippen LogP contribution in [0.5, 0.6) is 0 Å². The zero-order chi connectivity index (χ0) is 53.2. The molecular formula is C71H70BN3O. The van der Waals surface area contributed by atoms with Crippen LogP contribution in [0.25, 0.3) is 44.2 Å². The summed E-state index contributed by atoms with van der Waals surface area (Å²) in [7, 11) is 0. The minimum Gasteiger partial charge on any atom is -0.456 e. The number of hydrogen-bond acceptors (Lipinski definition) is 4. The molecule has 2 aliphatic heterocycles. The number of nitrogens with zero attached hydrogens (tertiary/aromatic N) is 3. The third-order valence-corrected chi connectivity index (χ3v) is 16.1. The highest BCUT2D eigenvalue weighted by Gasteiger charge is 2.47. The minimum atomic E-state index is -0.246. The van der Waals surface area contributed by atoms with Gasteiger partial charge in [-0.15, -0.1) is 0 Å². The van der Waals surface area contributed by atoms with Gasteiger partial charge in [0, 0.05) is 61.7 Å². The van der Waals surface area contributed by atoms with Crippen LogP contribution in [-0.4, -0.2) is 6.85 Å². The van der Waals surface area contributed by atoms with Crippen LogP contribution < -0.4 is 25.5 Å². The van der Waals surface area contributed by atoms with Crippen LogP contribution in [-0.2, 0) is 21.7 Å². The lowest BCUT2D eigenvalue weighted by atomic mass is 9.42. The van der Waals surface area contributed by atoms with Gasteiger partial charge in [-0.1, -0.05) is 186 Å². The predicted molar refractivity (Wildman–Crippen MR) is 327 cm³/mol. The summed E-state index contributed by atoms with van der Waals surface area (Å²) < 4.78 is 6.88. The lowest BCUT2D eigenvalue weighted by Gasteiger charge is -2.46. The number of furan rings is 1. The van der Waals surface area contributed by atoms with Crippen molar-refractivity contribution >= 4 is 85.2 Å². The maximum absolute atomic E-state index is 6.88. The van der Waals surface area contributed by atoms with E-state index in [0.717, 1.165) is 61.8 Å². The van der Waals surface area contributed by atoms with E-state index in [1.54, 1.807) is 0 Å². The molecular weight excluding hydrogens is 922 g/mol. The van der Waals surface area contributed by atoms with Crippen molar-refractivity contribution in [1.82, 2.24) is 0 Å². The lowest BCUT2D eigenvalue weighted by Crippen LogP contribution is -2.61. The second-order valence-electron chi connectivity index (χ2n) is 25.6. The number of para-hydroxylation sites is 1. The number of hydrogen-bond donors (Lipinski definition) is 0. The van der Waals surface area contributed by atoms with Gasteiger partial charge < -0.3 is 19.0 Å². The Hall–Kier alpha value is -7.76. The molecule has 5 heteroatoms. The fourth-order valence-electron chi connectivity index (χ4n) is 11.9. The van der Waals surface area contributed by atoms with E-state index in [9.17, 15) is 0 Å². The van der Waals surface area contributed by atoms with E-state index in [2.05, 4.69) is 293 Å². The van der Waals surface area contributed by atoms with Crippen molar-refractivity contribution in [3.8, 4) is 22.3 Å². The van der Waals surface area contributed by atoms with Gasteiger partial charge in [-0.2, -0.15) is 0 Å². The Bertz CT molecular complexity index is 3800. The summed E-state index contributed by atoms with van der Waals surface area (Å²) in [6.45, 7) is 29.6. The van der Waals surface area contributed by atoms with Crippen LogP contribution in [0.3, 0.4) is 0 Å². The standard InChI is InChI=1S/C71H70BN3O/c1-45-41-58-55-37-36-54(73(51-30-23-47(24-31-51)68(2,3)4)52-32-25-48(26-33-52)69(5,6)7)44-61(55)75(53-34-27-49(28-35-53)70(8,9)10)72-66(58)62(42-45)74(60-39-40-64-65(67(60)72)56-21-17-18-22-63(56)76-64)59-38-29-50(71(11,12)13)43-57(59)46-19-15-14-16-20-46/h14-44H,1-13H3. The smallest absolute Gasteiger partial charge is 0.333 e. The van der Waals surface area contributed by atoms with Crippen molar-refractivity contribution < 1.29 is 4.42 Å². The van der Waals surface area contributed by atoms with Crippen LogP contribution in [0.2, 0.25) is 0 Å². The predicted octanol–water partition coefficient (Wildman–Crippen LogP) is 18.9. The fourth-order valence-corrected chi connectivity index (χ4v) is 11.9. The molecule has 1 aromatic heterocycles. The number of anilines is 8. The first-order chi connectivity index (χ1) is 36.1. The molecule has 0 spiro atoms. The third kappa shape index (κ3) is 8.31. The Morgan fingerprint density at radius 1 is 0.395 bits per heavy atom. The van der Waals surface area contributed by atoms with Crippen molar-refractivity contribution in [2.24, 2.45) is 0 Å². The highest BCUT2D eigenvalue weighted by molar-refractivity contribution is 6.95. The number of fused-ring (bicyclic) bond motifs is 8. The monoisotopic (exact) mass is 992 g/mol. The Kier molecular flexibility index (Phi) is 11.4. The topological polar surface area (TPSA) is 22.9 Å². The molecule has 12 rings (SSSR count). The molecule has 0 unspecified atom stereocenters. The van der Waals surface area contributed by atoms with Gasteiger partial charge in [0.05, 0.1) is 5.69 Å². The normalized spacial score (nSPS) is 13.5. The van der Waals surface area contributed by atoms with Crippen molar-refractivity contribution in [3.05, 3.63) is 216 Å². The summed E-state index contributed by atoms with van der Waals surface area (Å²) in [5.41, 5.74) is 24.6. The van der Waals surface area contributed by atoms with Gasteiger partial charge >= 0.3 is 6.85 Å². The fraction of sp³-hybridized carbons (Fsp3) is 0.239. The summed E-state index contributed by atoms with van der Waals surface area (Å²) in [5.74, 6) is 0. The van der Waals surface area contributed by atoms with Gasteiger partial charge in [-0.05, 0) is 163 Å². The molecule has 0 fully saturated rings. The first kappa shape index (κ1) is 49.1. The zero-order valence-electron chi connectivity index (χ0n) is 46.7. The molecule has 378 valence electrons. The maximum atomic E-state index is 6.88. The maximum Gasteiger partial charge on any atom is 0.333 e. The molecule has 76 heavy (non-hydrogen) atoms. The van der Waals surface area contributed by atoms with E-state index in [1.165, 1.54) is 66.7 Å². The molecule has 10 aromatic rings. The molecule has 0 saturated carbocycles. The Balaban J connectivity index is 1.18. The molecule has 0 aliphatic carbocycles. The van der Waals surface area contributed by atoms with E-state index in [-0.39, 0.29) is 28.5 Å². The van der Waals surface area contributed by atoms with Gasteiger partial charge in [0.15, 0.2) is 0 Å². The molecule has 0 bridgehead atoms. The van der Waals surface area contributed by atoms with Crippen LogP contribution in [0.15, 0.2) is 192 Å². The molecule has 4 nitrogen and oxygen atoms in total. The van der Waals surface area contributed by atoms with E-state index < -0.39 is 0 Å². The second kappa shape index (κ2) is 17.7. The molecule has 3 heterocycles. The van der Waals surface area contributed by atoms with Crippen molar-refractivity contribution in [1.29, 1.82) is 0 Å². The van der Waals surface area contributed by atoms with Gasteiger partial charge in [0.1, 0.15) is 11.2 Å². The summed E-state index contributed by atoms with van der Waals surface area (Å²) in [5, 5.41) is 2.26. The summed E-state index contributed by atoms with van der Waals surface area (Å²) in [6, 6.07) is 71.2. The summed E-state index contributed by atoms with van der Waals surface area (Å²) >= 11 is 0. The molecule has 0 N–H and O–H groups in total. The first-order valence-corrected chi connectivity index (χ1v) is 27.3. The Morgan fingerprint density at radius 3 is 1.54 bits per heavy atom. The molecule has 2 aliphatic rings. The minimum absolute atomic E-state index is 0.0206. The van der Waals surface area contributed by atoms with Gasteiger partial charge in [-0.25, -0.2) is 0 Å². The van der Waals surface area contributed by atoms with Crippen LogP contribution in [0.4, 0.5) is 45.5 Å². The second-order valence-corrected chi connectivity index (χ2v) is 25.6. The first-order valence-electron chi connectivity index (χ1n) is 27.3. The number of benzene rings is 9. The quantitative estimate of drug-likeness (QED) is 0.155. The average Bonchev–Trinajstić information content (AvgIpc) is 3.87. The molecule has 0 amide bonds. The van der Waals surface area contributed by atoms with Crippen molar-refractivity contribution in [2.45, 2.75) is 112 Å². The largest absolute Gasteiger partial charge is 0.456 e.